The molecular formula is C26H22F2N4O3. The molecule has 7 nitrogen and oxygen atoms in total. The predicted molar refractivity (Wildman–Crippen MR) is 129 cm³/mol. The van der Waals surface area contributed by atoms with Gasteiger partial charge in [-0.2, -0.15) is 9.97 Å². The van der Waals surface area contributed by atoms with Crippen LogP contribution >= 0.6 is 0 Å². The van der Waals surface area contributed by atoms with Gasteiger partial charge in [-0.1, -0.05) is 12.0 Å². The molecule has 5 rings (SSSR count). The number of fused-ring (bicyclic) bond motifs is 2. The Bertz CT molecular complexity index is 1480. The molecule has 0 bridgehead atoms. The van der Waals surface area contributed by atoms with Crippen LogP contribution in [0.2, 0.25) is 0 Å². The Kier molecular flexibility index (Phi) is 6.05. The molecule has 178 valence electrons. The summed E-state index contributed by atoms with van der Waals surface area (Å²) in [7, 11) is 2.92. The normalized spacial score (nSPS) is 14.1. The zero-order valence-electron chi connectivity index (χ0n) is 19.3. The molecule has 1 aliphatic rings. The topological polar surface area (TPSA) is 69.6 Å². The minimum Gasteiger partial charge on any atom is -0.497 e. The molecular weight excluding hydrogens is 454 g/mol. The standard InChI is InChI=1S/C26H22F2N4O3/c1-4-17-20(27)7-6-15-12-16(33-2)13-18(21(15)17)23-22(28)24-19(14-29-23)25(31-26(30-24)34-3)32-8-5-10-35-11-9-32/h1,6-7,12-14H,5,8-11H2,2-3H3. The summed E-state index contributed by atoms with van der Waals surface area (Å²) in [4.78, 5) is 15.2. The molecule has 9 heteroatoms. The Labute approximate surface area is 200 Å². The van der Waals surface area contributed by atoms with Crippen molar-refractivity contribution in [3.63, 3.8) is 0 Å². The van der Waals surface area contributed by atoms with Crippen LogP contribution < -0.4 is 14.4 Å². The van der Waals surface area contributed by atoms with Crippen molar-refractivity contribution in [1.82, 2.24) is 15.0 Å². The third kappa shape index (κ3) is 3.96. The molecule has 1 saturated heterocycles. The second-order valence-electron chi connectivity index (χ2n) is 8.01. The first kappa shape index (κ1) is 22.7. The number of nitrogens with zero attached hydrogens (tertiary/aromatic N) is 4. The van der Waals surface area contributed by atoms with Crippen molar-refractivity contribution in [3.8, 4) is 35.4 Å². The van der Waals surface area contributed by atoms with Gasteiger partial charge in [-0.05, 0) is 30.0 Å². The second kappa shape index (κ2) is 9.31. The van der Waals surface area contributed by atoms with E-state index in [2.05, 4.69) is 20.9 Å². The van der Waals surface area contributed by atoms with E-state index in [1.807, 2.05) is 4.90 Å². The van der Waals surface area contributed by atoms with Crippen molar-refractivity contribution < 1.29 is 23.0 Å². The molecule has 0 unspecified atom stereocenters. The lowest BCUT2D eigenvalue weighted by atomic mass is 9.95. The summed E-state index contributed by atoms with van der Waals surface area (Å²) in [5.41, 5.74) is 0.325. The molecule has 4 aromatic rings. The smallest absolute Gasteiger partial charge is 0.318 e. The van der Waals surface area contributed by atoms with Crippen molar-refractivity contribution in [2.45, 2.75) is 6.42 Å². The Morgan fingerprint density at radius 2 is 1.94 bits per heavy atom. The summed E-state index contributed by atoms with van der Waals surface area (Å²) in [5, 5.41) is 1.40. The van der Waals surface area contributed by atoms with E-state index in [-0.39, 0.29) is 22.8 Å². The van der Waals surface area contributed by atoms with Crippen molar-refractivity contribution in [2.24, 2.45) is 0 Å². The Morgan fingerprint density at radius 3 is 2.71 bits per heavy atom. The highest BCUT2D eigenvalue weighted by molar-refractivity contribution is 6.03. The van der Waals surface area contributed by atoms with Crippen molar-refractivity contribution in [3.05, 3.63) is 47.7 Å². The lowest BCUT2D eigenvalue weighted by Gasteiger charge is -2.22. The number of methoxy groups -OCH3 is 2. The zero-order valence-corrected chi connectivity index (χ0v) is 19.3. The van der Waals surface area contributed by atoms with Gasteiger partial charge in [0.1, 0.15) is 28.6 Å². The Hall–Kier alpha value is -4.03. The lowest BCUT2D eigenvalue weighted by molar-refractivity contribution is 0.152. The van der Waals surface area contributed by atoms with Gasteiger partial charge >= 0.3 is 6.01 Å². The zero-order chi connectivity index (χ0) is 24.5. The van der Waals surface area contributed by atoms with Gasteiger partial charge in [0, 0.05) is 36.8 Å². The number of rotatable bonds is 4. The fourth-order valence-electron chi connectivity index (χ4n) is 4.36. The van der Waals surface area contributed by atoms with Crippen LogP contribution in [0.5, 0.6) is 11.8 Å². The molecule has 0 amide bonds. The molecule has 0 spiro atoms. The molecule has 0 radical (unpaired) electrons. The highest BCUT2D eigenvalue weighted by Gasteiger charge is 2.24. The van der Waals surface area contributed by atoms with Crippen LogP contribution in [0.4, 0.5) is 14.6 Å². The molecule has 0 aliphatic carbocycles. The fourth-order valence-corrected chi connectivity index (χ4v) is 4.36. The summed E-state index contributed by atoms with van der Waals surface area (Å²) >= 11 is 0. The van der Waals surface area contributed by atoms with E-state index < -0.39 is 11.6 Å². The quantitative estimate of drug-likeness (QED) is 0.406. The summed E-state index contributed by atoms with van der Waals surface area (Å²) in [6.07, 6.45) is 7.95. The molecule has 0 atom stereocenters. The van der Waals surface area contributed by atoms with Gasteiger partial charge in [-0.15, -0.1) is 6.42 Å². The van der Waals surface area contributed by atoms with E-state index >= 15 is 4.39 Å². The number of aromatic nitrogens is 3. The molecule has 2 aromatic heterocycles. The summed E-state index contributed by atoms with van der Waals surface area (Å²) in [6.45, 7) is 2.44. The molecule has 1 aliphatic heterocycles. The van der Waals surface area contributed by atoms with Crippen molar-refractivity contribution in [1.29, 1.82) is 0 Å². The third-order valence-corrected chi connectivity index (χ3v) is 6.02. The van der Waals surface area contributed by atoms with E-state index in [0.717, 1.165) is 6.42 Å². The third-order valence-electron chi connectivity index (χ3n) is 6.02. The maximum Gasteiger partial charge on any atom is 0.318 e. The molecule has 35 heavy (non-hydrogen) atoms. The molecule has 0 N–H and O–H groups in total. The molecule has 3 heterocycles. The van der Waals surface area contributed by atoms with Gasteiger partial charge in [0.15, 0.2) is 5.82 Å². The van der Waals surface area contributed by atoms with Gasteiger partial charge in [-0.3, -0.25) is 4.98 Å². The largest absolute Gasteiger partial charge is 0.497 e. The first-order valence-electron chi connectivity index (χ1n) is 11.1. The maximum atomic E-state index is 16.2. The van der Waals surface area contributed by atoms with Crippen LogP contribution in [0, 0.1) is 24.0 Å². The van der Waals surface area contributed by atoms with Crippen LogP contribution in [0.15, 0.2) is 30.5 Å². The van der Waals surface area contributed by atoms with Crippen LogP contribution in [0.1, 0.15) is 12.0 Å². The van der Waals surface area contributed by atoms with Crippen LogP contribution in [-0.4, -0.2) is 55.5 Å². The minimum atomic E-state index is -0.697. The highest BCUT2D eigenvalue weighted by Crippen LogP contribution is 2.38. The van der Waals surface area contributed by atoms with E-state index in [1.54, 1.807) is 18.2 Å². The number of anilines is 1. The van der Waals surface area contributed by atoms with Gasteiger partial charge < -0.3 is 19.1 Å². The SMILES string of the molecule is C#Cc1c(F)ccc2cc(OC)cc(-c3ncc4c(N5CCCOCC5)nc(OC)nc4c3F)c12. The summed E-state index contributed by atoms with van der Waals surface area (Å²) in [6, 6.07) is 6.18. The number of benzene rings is 2. The van der Waals surface area contributed by atoms with E-state index in [9.17, 15) is 4.39 Å². The number of pyridine rings is 1. The summed E-state index contributed by atoms with van der Waals surface area (Å²) in [5.74, 6) is 2.08. The predicted octanol–water partition coefficient (Wildman–Crippen LogP) is 4.35. The van der Waals surface area contributed by atoms with Crippen LogP contribution in [0.25, 0.3) is 32.9 Å². The average Bonchev–Trinajstić information content (AvgIpc) is 3.17. The van der Waals surface area contributed by atoms with E-state index in [1.165, 1.54) is 26.5 Å². The number of hydrogen-bond acceptors (Lipinski definition) is 7. The number of hydrogen-bond donors (Lipinski definition) is 0. The minimum absolute atomic E-state index is 0.0203. The second-order valence-corrected chi connectivity index (χ2v) is 8.01. The van der Waals surface area contributed by atoms with E-state index in [0.29, 0.717) is 59.6 Å². The Balaban J connectivity index is 1.80. The number of ether oxygens (including phenoxy) is 3. The van der Waals surface area contributed by atoms with Crippen molar-refractivity contribution >= 4 is 27.5 Å². The monoisotopic (exact) mass is 476 g/mol. The van der Waals surface area contributed by atoms with Crippen LogP contribution in [0.3, 0.4) is 0 Å². The average molecular weight is 476 g/mol. The number of terminal acetylenes is 1. The Morgan fingerprint density at radius 1 is 1.09 bits per heavy atom. The van der Waals surface area contributed by atoms with Gasteiger partial charge in [0.2, 0.25) is 0 Å². The first-order valence-corrected chi connectivity index (χ1v) is 11.1. The fraction of sp³-hybridized carbons (Fsp3) is 0.269. The first-order chi connectivity index (χ1) is 17.0. The molecule has 2 aromatic carbocycles. The van der Waals surface area contributed by atoms with Crippen LogP contribution in [-0.2, 0) is 4.74 Å². The van der Waals surface area contributed by atoms with E-state index in [4.69, 9.17) is 20.6 Å². The lowest BCUT2D eigenvalue weighted by Crippen LogP contribution is -2.27. The highest BCUT2D eigenvalue weighted by atomic mass is 19.1. The van der Waals surface area contributed by atoms with Crippen molar-refractivity contribution in [2.75, 3.05) is 45.4 Å². The summed E-state index contributed by atoms with van der Waals surface area (Å²) < 4.78 is 47.0. The number of halogens is 2. The maximum absolute atomic E-state index is 16.2. The molecule has 1 fully saturated rings. The van der Waals surface area contributed by atoms with Gasteiger partial charge in [0.25, 0.3) is 0 Å². The van der Waals surface area contributed by atoms with Gasteiger partial charge in [0.05, 0.1) is 31.8 Å². The molecule has 0 saturated carbocycles. The van der Waals surface area contributed by atoms with Gasteiger partial charge in [-0.25, -0.2) is 8.78 Å².